The Labute approximate surface area is 140 Å². The molecule has 0 bridgehead atoms. The van der Waals surface area contributed by atoms with Crippen molar-refractivity contribution in [1.29, 1.82) is 0 Å². The van der Waals surface area contributed by atoms with E-state index in [9.17, 15) is 9.59 Å². The lowest BCUT2D eigenvalue weighted by atomic mass is 9.86. The number of nitrogens with zero attached hydrogens (tertiary/aromatic N) is 2. The fourth-order valence-electron chi connectivity index (χ4n) is 3.86. The van der Waals surface area contributed by atoms with Crippen LogP contribution in [-0.4, -0.2) is 60.5 Å². The highest BCUT2D eigenvalue weighted by molar-refractivity contribution is 5.82. The second-order valence-corrected chi connectivity index (χ2v) is 7.14. The van der Waals surface area contributed by atoms with Crippen molar-refractivity contribution in [2.24, 2.45) is 11.8 Å². The molecule has 5 nitrogen and oxygen atoms in total. The molecule has 2 aliphatic rings. The van der Waals surface area contributed by atoms with Gasteiger partial charge in [0.05, 0.1) is 6.61 Å². The number of ether oxygens (including phenoxy) is 1. The topological polar surface area (TPSA) is 49.9 Å². The van der Waals surface area contributed by atoms with E-state index in [1.165, 1.54) is 0 Å². The molecule has 0 saturated carbocycles. The van der Waals surface area contributed by atoms with Crippen LogP contribution in [0.1, 0.15) is 52.9 Å². The van der Waals surface area contributed by atoms with E-state index in [1.807, 2.05) is 25.7 Å². The number of carbonyl (C=O) groups excluding carboxylic acids is 2. The molecule has 2 saturated heterocycles. The van der Waals surface area contributed by atoms with E-state index in [0.29, 0.717) is 18.4 Å². The van der Waals surface area contributed by atoms with E-state index in [4.69, 9.17) is 4.74 Å². The van der Waals surface area contributed by atoms with Gasteiger partial charge < -0.3 is 14.5 Å². The molecule has 0 unspecified atom stereocenters. The first kappa shape index (κ1) is 18.2. The molecule has 0 N–H and O–H groups in total. The molecule has 2 fully saturated rings. The first-order valence-electron chi connectivity index (χ1n) is 9.22. The Morgan fingerprint density at radius 3 is 2.35 bits per heavy atom. The number of carbonyl (C=O) groups is 2. The van der Waals surface area contributed by atoms with Crippen molar-refractivity contribution < 1.29 is 14.3 Å². The van der Waals surface area contributed by atoms with Gasteiger partial charge in [-0.15, -0.1) is 0 Å². The fraction of sp³-hybridized carbons (Fsp3) is 0.889. The Balaban J connectivity index is 1.80. The van der Waals surface area contributed by atoms with E-state index in [1.54, 1.807) is 0 Å². The van der Waals surface area contributed by atoms with Gasteiger partial charge in [0, 0.05) is 31.0 Å². The Bertz CT molecular complexity index is 403. The number of hydrogen-bond acceptors (Lipinski definition) is 4. The zero-order valence-corrected chi connectivity index (χ0v) is 14.9. The molecule has 5 heteroatoms. The number of ketones is 1. The van der Waals surface area contributed by atoms with E-state index in [0.717, 1.165) is 58.3 Å². The molecule has 0 aliphatic carbocycles. The molecule has 2 aliphatic heterocycles. The number of amides is 1. The van der Waals surface area contributed by atoms with Crippen LogP contribution >= 0.6 is 0 Å². The Morgan fingerprint density at radius 1 is 1.04 bits per heavy atom. The number of likely N-dealkylation sites (tertiary alicyclic amines) is 2. The standard InChI is InChI=1S/C18H32N2O3/c1-4-23-18(22)20-10-5-6-16(9-13-20)19-11-7-15(8-12-19)17(21)14(2)3/h14-16H,4-13H2,1-3H3/t16-/m0/s1. The average Bonchev–Trinajstić information content (AvgIpc) is 2.80. The Morgan fingerprint density at radius 2 is 1.74 bits per heavy atom. The summed E-state index contributed by atoms with van der Waals surface area (Å²) in [6.07, 6.45) is 5.01. The average molecular weight is 324 g/mol. The molecular formula is C18H32N2O3. The van der Waals surface area contributed by atoms with Crippen molar-refractivity contribution in [3.8, 4) is 0 Å². The smallest absolute Gasteiger partial charge is 0.409 e. The van der Waals surface area contributed by atoms with Crippen molar-refractivity contribution in [2.45, 2.75) is 58.9 Å². The molecule has 1 atom stereocenters. The minimum atomic E-state index is -0.172. The van der Waals surface area contributed by atoms with Gasteiger partial charge in [-0.05, 0) is 52.1 Å². The highest BCUT2D eigenvalue weighted by atomic mass is 16.6. The van der Waals surface area contributed by atoms with Gasteiger partial charge >= 0.3 is 6.09 Å². The normalized spacial score (nSPS) is 24.5. The van der Waals surface area contributed by atoms with Crippen LogP contribution in [-0.2, 0) is 9.53 Å². The van der Waals surface area contributed by atoms with Crippen LogP contribution < -0.4 is 0 Å². The number of Topliss-reactive ketones (excluding diaryl/α,β-unsaturated/α-hetero) is 1. The van der Waals surface area contributed by atoms with E-state index in [-0.39, 0.29) is 17.9 Å². The van der Waals surface area contributed by atoms with Gasteiger partial charge in [-0.1, -0.05) is 13.8 Å². The number of rotatable bonds is 4. The maximum Gasteiger partial charge on any atom is 0.409 e. The predicted octanol–water partition coefficient (Wildman–Crippen LogP) is 2.93. The SMILES string of the molecule is CCOC(=O)N1CCC[C@H](N2CCC(C(=O)C(C)C)CC2)CC1. The number of piperidine rings is 1. The van der Waals surface area contributed by atoms with Crippen LogP contribution in [0.3, 0.4) is 0 Å². The van der Waals surface area contributed by atoms with Gasteiger partial charge in [-0.3, -0.25) is 4.79 Å². The van der Waals surface area contributed by atoms with Gasteiger partial charge in [0.1, 0.15) is 5.78 Å². The molecule has 23 heavy (non-hydrogen) atoms. The van der Waals surface area contributed by atoms with Crippen LogP contribution in [0, 0.1) is 11.8 Å². The van der Waals surface area contributed by atoms with Crippen LogP contribution in [0.2, 0.25) is 0 Å². The van der Waals surface area contributed by atoms with Gasteiger partial charge in [0.15, 0.2) is 0 Å². The van der Waals surface area contributed by atoms with Gasteiger partial charge in [0.25, 0.3) is 0 Å². The van der Waals surface area contributed by atoms with Crippen molar-refractivity contribution in [2.75, 3.05) is 32.8 Å². The Kier molecular flexibility index (Phi) is 6.88. The lowest BCUT2D eigenvalue weighted by Gasteiger charge is -2.37. The summed E-state index contributed by atoms with van der Waals surface area (Å²) < 4.78 is 5.12. The fourth-order valence-corrected chi connectivity index (χ4v) is 3.86. The van der Waals surface area contributed by atoms with Crippen molar-refractivity contribution in [3.05, 3.63) is 0 Å². The maximum atomic E-state index is 12.1. The van der Waals surface area contributed by atoms with E-state index in [2.05, 4.69) is 4.90 Å². The lowest BCUT2D eigenvalue weighted by molar-refractivity contribution is -0.127. The molecule has 132 valence electrons. The third-order valence-corrected chi connectivity index (χ3v) is 5.24. The summed E-state index contributed by atoms with van der Waals surface area (Å²) in [7, 11) is 0. The van der Waals surface area contributed by atoms with E-state index < -0.39 is 0 Å². The zero-order chi connectivity index (χ0) is 16.8. The van der Waals surface area contributed by atoms with Gasteiger partial charge in [-0.2, -0.15) is 0 Å². The van der Waals surface area contributed by atoms with E-state index >= 15 is 0 Å². The number of hydrogen-bond donors (Lipinski definition) is 0. The zero-order valence-electron chi connectivity index (χ0n) is 14.9. The summed E-state index contributed by atoms with van der Waals surface area (Å²) in [6.45, 7) is 9.93. The summed E-state index contributed by atoms with van der Waals surface area (Å²) in [5.74, 6) is 0.842. The van der Waals surface area contributed by atoms with Crippen molar-refractivity contribution in [1.82, 2.24) is 9.80 Å². The first-order chi connectivity index (χ1) is 11.0. The second kappa shape index (κ2) is 8.67. The lowest BCUT2D eigenvalue weighted by Crippen LogP contribution is -2.44. The summed E-state index contributed by atoms with van der Waals surface area (Å²) >= 11 is 0. The molecule has 0 spiro atoms. The monoisotopic (exact) mass is 324 g/mol. The summed E-state index contributed by atoms with van der Waals surface area (Å²) in [6, 6.07) is 0.546. The highest BCUT2D eigenvalue weighted by Gasteiger charge is 2.31. The molecule has 0 aromatic heterocycles. The van der Waals surface area contributed by atoms with Crippen LogP contribution in [0.4, 0.5) is 4.79 Å². The molecular weight excluding hydrogens is 292 g/mol. The summed E-state index contributed by atoms with van der Waals surface area (Å²) in [5.41, 5.74) is 0. The largest absolute Gasteiger partial charge is 0.450 e. The van der Waals surface area contributed by atoms with Crippen LogP contribution in [0.25, 0.3) is 0 Å². The van der Waals surface area contributed by atoms with Gasteiger partial charge in [0.2, 0.25) is 0 Å². The first-order valence-corrected chi connectivity index (χ1v) is 9.22. The highest BCUT2D eigenvalue weighted by Crippen LogP contribution is 2.26. The molecule has 0 aromatic rings. The second-order valence-electron chi connectivity index (χ2n) is 7.14. The summed E-state index contributed by atoms with van der Waals surface area (Å²) in [4.78, 5) is 28.4. The minimum absolute atomic E-state index is 0.155. The van der Waals surface area contributed by atoms with Gasteiger partial charge in [-0.25, -0.2) is 4.79 Å². The quantitative estimate of drug-likeness (QED) is 0.798. The Hall–Kier alpha value is -1.10. The maximum absolute atomic E-state index is 12.1. The molecule has 2 rings (SSSR count). The third-order valence-electron chi connectivity index (χ3n) is 5.24. The third kappa shape index (κ3) is 4.93. The van der Waals surface area contributed by atoms with Crippen LogP contribution in [0.15, 0.2) is 0 Å². The van der Waals surface area contributed by atoms with Crippen LogP contribution in [0.5, 0.6) is 0 Å². The molecule has 2 heterocycles. The summed E-state index contributed by atoms with van der Waals surface area (Å²) in [5, 5.41) is 0. The molecule has 0 aromatic carbocycles. The van der Waals surface area contributed by atoms with Crippen molar-refractivity contribution >= 4 is 11.9 Å². The molecule has 0 radical (unpaired) electrons. The minimum Gasteiger partial charge on any atom is -0.450 e. The van der Waals surface area contributed by atoms with Crippen molar-refractivity contribution in [3.63, 3.8) is 0 Å². The molecule has 1 amide bonds. The predicted molar refractivity (Wildman–Crippen MR) is 90.4 cm³/mol.